The van der Waals surface area contributed by atoms with Gasteiger partial charge in [-0.25, -0.2) is 4.39 Å². The Bertz CT molecular complexity index is 695. The minimum absolute atomic E-state index is 0.107. The van der Waals surface area contributed by atoms with Crippen LogP contribution in [0.2, 0.25) is 0 Å². The number of benzene rings is 1. The Morgan fingerprint density at radius 3 is 2.81 bits per heavy atom. The maximum absolute atomic E-state index is 13.5. The zero-order chi connectivity index (χ0) is 15.4. The molecule has 7 heteroatoms. The highest BCUT2D eigenvalue weighted by atomic mass is 19.1. The van der Waals surface area contributed by atoms with Crippen molar-refractivity contribution in [2.45, 2.75) is 13.3 Å². The van der Waals surface area contributed by atoms with Gasteiger partial charge in [0.25, 0.3) is 5.91 Å². The van der Waals surface area contributed by atoms with Crippen LogP contribution in [0.15, 0.2) is 39.9 Å². The second kappa shape index (κ2) is 6.08. The van der Waals surface area contributed by atoms with Crippen LogP contribution >= 0.6 is 0 Å². The van der Waals surface area contributed by atoms with Crippen LogP contribution in [0.4, 0.5) is 10.1 Å². The molecule has 0 spiro atoms. The number of hydrogen-bond acceptors (Lipinski definition) is 4. The number of halogens is 1. The summed E-state index contributed by atoms with van der Waals surface area (Å²) in [5, 5.41) is 13.9. The summed E-state index contributed by atoms with van der Waals surface area (Å²) in [5.74, 6) is -0.658. The Morgan fingerprint density at radius 1 is 1.43 bits per heavy atom. The van der Waals surface area contributed by atoms with Gasteiger partial charge in [0.2, 0.25) is 0 Å². The maximum Gasteiger partial charge on any atom is 0.291 e. The van der Waals surface area contributed by atoms with Crippen molar-refractivity contribution < 1.29 is 18.8 Å². The van der Waals surface area contributed by atoms with E-state index in [1.54, 1.807) is 12.1 Å². The van der Waals surface area contributed by atoms with Gasteiger partial charge in [0.05, 0.1) is 5.56 Å². The Morgan fingerprint density at radius 2 is 2.19 bits per heavy atom. The Hall–Kier alpha value is -2.83. The molecule has 0 radical (unpaired) electrons. The van der Waals surface area contributed by atoms with Crippen molar-refractivity contribution in [1.82, 2.24) is 0 Å². The first kappa shape index (κ1) is 14.6. The van der Waals surface area contributed by atoms with Gasteiger partial charge < -0.3 is 20.7 Å². The first-order valence-corrected chi connectivity index (χ1v) is 6.22. The number of furan rings is 1. The lowest BCUT2D eigenvalue weighted by Gasteiger charge is -2.06. The monoisotopic (exact) mass is 291 g/mol. The van der Waals surface area contributed by atoms with Gasteiger partial charge in [-0.3, -0.25) is 4.79 Å². The van der Waals surface area contributed by atoms with Crippen molar-refractivity contribution in [2.75, 3.05) is 5.32 Å². The molecule has 0 saturated heterocycles. The number of anilines is 1. The van der Waals surface area contributed by atoms with Gasteiger partial charge in [0.15, 0.2) is 11.6 Å². The molecule has 2 aromatic rings. The first-order valence-electron chi connectivity index (χ1n) is 6.22. The number of oxime groups is 1. The van der Waals surface area contributed by atoms with Crippen molar-refractivity contribution in [3.05, 3.63) is 53.2 Å². The standard InChI is InChI=1S/C14H14FN3O3/c1-2-9-4-6-12(21-9)14(19)17-8-3-5-11(15)10(7-8)13(16)18-20/h3-7,20H,2H2,1H3,(H2,16,18)(H,17,19). The molecule has 0 aliphatic carbocycles. The number of hydrogen-bond donors (Lipinski definition) is 3. The third-order valence-corrected chi connectivity index (χ3v) is 2.84. The highest BCUT2D eigenvalue weighted by Gasteiger charge is 2.13. The average Bonchev–Trinajstić information content (AvgIpc) is 2.97. The molecule has 4 N–H and O–H groups in total. The summed E-state index contributed by atoms with van der Waals surface area (Å²) in [4.78, 5) is 12.0. The molecule has 0 saturated carbocycles. The quantitative estimate of drug-likeness (QED) is 0.348. The minimum atomic E-state index is -0.658. The number of amides is 1. The second-order valence-corrected chi connectivity index (χ2v) is 4.25. The van der Waals surface area contributed by atoms with E-state index in [-0.39, 0.29) is 17.2 Å². The van der Waals surface area contributed by atoms with Crippen molar-refractivity contribution >= 4 is 17.4 Å². The zero-order valence-corrected chi connectivity index (χ0v) is 11.3. The van der Waals surface area contributed by atoms with E-state index < -0.39 is 11.7 Å². The number of amidine groups is 1. The van der Waals surface area contributed by atoms with Crippen molar-refractivity contribution in [2.24, 2.45) is 10.9 Å². The molecule has 0 unspecified atom stereocenters. The molecule has 1 aromatic carbocycles. The molecular formula is C14H14FN3O3. The van der Waals surface area contributed by atoms with Gasteiger partial charge in [0.1, 0.15) is 11.6 Å². The Balaban J connectivity index is 2.21. The summed E-state index contributed by atoms with van der Waals surface area (Å²) >= 11 is 0. The molecule has 6 nitrogen and oxygen atoms in total. The Labute approximate surface area is 120 Å². The molecule has 21 heavy (non-hydrogen) atoms. The lowest BCUT2D eigenvalue weighted by molar-refractivity contribution is 0.0995. The van der Waals surface area contributed by atoms with Crippen LogP contribution in [0.5, 0.6) is 0 Å². The lowest BCUT2D eigenvalue weighted by atomic mass is 10.1. The highest BCUT2D eigenvalue weighted by molar-refractivity contribution is 6.04. The molecule has 1 heterocycles. The van der Waals surface area contributed by atoms with Crippen LogP contribution < -0.4 is 11.1 Å². The van der Waals surface area contributed by atoms with Crippen LogP contribution in [0, 0.1) is 5.82 Å². The summed E-state index contributed by atoms with van der Waals surface area (Å²) in [6.07, 6.45) is 0.678. The van der Waals surface area contributed by atoms with Crippen LogP contribution in [0.25, 0.3) is 0 Å². The van der Waals surface area contributed by atoms with Gasteiger partial charge in [0, 0.05) is 12.1 Å². The zero-order valence-electron chi connectivity index (χ0n) is 11.3. The number of rotatable bonds is 4. The molecule has 1 aromatic heterocycles. The third kappa shape index (κ3) is 3.19. The summed E-state index contributed by atoms with van der Waals surface area (Å²) in [6.45, 7) is 1.91. The largest absolute Gasteiger partial charge is 0.456 e. The van der Waals surface area contributed by atoms with E-state index in [1.165, 1.54) is 12.1 Å². The van der Waals surface area contributed by atoms with E-state index in [0.717, 1.165) is 6.07 Å². The average molecular weight is 291 g/mol. The fourth-order valence-electron chi connectivity index (χ4n) is 1.74. The van der Waals surface area contributed by atoms with E-state index in [0.29, 0.717) is 17.9 Å². The van der Waals surface area contributed by atoms with Crippen molar-refractivity contribution in [1.29, 1.82) is 0 Å². The van der Waals surface area contributed by atoms with Gasteiger partial charge >= 0.3 is 0 Å². The number of nitrogens with one attached hydrogen (secondary N) is 1. The smallest absolute Gasteiger partial charge is 0.291 e. The normalized spacial score (nSPS) is 11.4. The van der Waals surface area contributed by atoms with Crippen molar-refractivity contribution in [3.8, 4) is 0 Å². The predicted molar refractivity (Wildman–Crippen MR) is 75.0 cm³/mol. The number of carbonyl (C=O) groups excluding carboxylic acids is 1. The fourth-order valence-corrected chi connectivity index (χ4v) is 1.74. The van der Waals surface area contributed by atoms with Crippen LogP contribution in [0.1, 0.15) is 28.8 Å². The summed E-state index contributed by atoms with van der Waals surface area (Å²) in [7, 11) is 0. The number of nitrogens with zero attached hydrogens (tertiary/aromatic N) is 1. The van der Waals surface area contributed by atoms with Gasteiger partial charge in [-0.15, -0.1) is 0 Å². The first-order chi connectivity index (χ1) is 10.0. The molecule has 0 atom stereocenters. The molecule has 0 aliphatic heterocycles. The fraction of sp³-hybridized carbons (Fsp3) is 0.143. The number of aryl methyl sites for hydroxylation is 1. The SMILES string of the molecule is CCc1ccc(C(=O)Nc2ccc(F)c(C(N)=NO)c2)o1. The van der Waals surface area contributed by atoms with E-state index in [2.05, 4.69) is 10.5 Å². The van der Waals surface area contributed by atoms with Gasteiger partial charge in [-0.05, 0) is 30.3 Å². The van der Waals surface area contributed by atoms with E-state index in [1.807, 2.05) is 6.92 Å². The van der Waals surface area contributed by atoms with E-state index >= 15 is 0 Å². The molecular weight excluding hydrogens is 277 g/mol. The van der Waals surface area contributed by atoms with Crippen LogP contribution in [-0.4, -0.2) is 17.0 Å². The molecule has 110 valence electrons. The maximum atomic E-state index is 13.5. The third-order valence-electron chi connectivity index (χ3n) is 2.84. The molecule has 0 aliphatic rings. The van der Waals surface area contributed by atoms with E-state index in [4.69, 9.17) is 15.4 Å². The van der Waals surface area contributed by atoms with E-state index in [9.17, 15) is 9.18 Å². The van der Waals surface area contributed by atoms with Crippen LogP contribution in [-0.2, 0) is 6.42 Å². The second-order valence-electron chi connectivity index (χ2n) is 4.25. The summed E-state index contributed by atoms with van der Waals surface area (Å²) in [5.41, 5.74) is 5.55. The minimum Gasteiger partial charge on any atom is -0.456 e. The molecule has 1 amide bonds. The molecule has 0 bridgehead atoms. The summed E-state index contributed by atoms with van der Waals surface area (Å²) < 4.78 is 18.8. The Kier molecular flexibility index (Phi) is 4.22. The summed E-state index contributed by atoms with van der Waals surface area (Å²) in [6, 6.07) is 7.02. The van der Waals surface area contributed by atoms with Gasteiger partial charge in [-0.2, -0.15) is 0 Å². The molecule has 0 fully saturated rings. The molecule has 2 rings (SSSR count). The predicted octanol–water partition coefficient (Wildman–Crippen LogP) is 2.33. The van der Waals surface area contributed by atoms with Crippen LogP contribution in [0.3, 0.4) is 0 Å². The number of nitrogens with two attached hydrogens (primary N) is 1. The lowest BCUT2D eigenvalue weighted by Crippen LogP contribution is -2.17. The highest BCUT2D eigenvalue weighted by Crippen LogP contribution is 2.16. The topological polar surface area (TPSA) is 101 Å². The van der Waals surface area contributed by atoms with Crippen molar-refractivity contribution in [3.63, 3.8) is 0 Å². The van der Waals surface area contributed by atoms with Gasteiger partial charge in [-0.1, -0.05) is 12.1 Å². The number of carbonyl (C=O) groups is 1.